The molecule has 2 rings (SSSR count). The summed E-state index contributed by atoms with van der Waals surface area (Å²) in [6.45, 7) is 6.32. The molecule has 0 aliphatic carbocycles. The lowest BCUT2D eigenvalue weighted by molar-refractivity contribution is -0.133. The lowest BCUT2D eigenvalue weighted by Crippen LogP contribution is -2.46. The van der Waals surface area contributed by atoms with Gasteiger partial charge in [-0.25, -0.2) is 4.39 Å². The van der Waals surface area contributed by atoms with Gasteiger partial charge in [-0.15, -0.1) is 0 Å². The largest absolute Gasteiger partial charge is 0.386 e. The number of nitrogens with zero attached hydrogens (tertiary/aromatic N) is 1. The van der Waals surface area contributed by atoms with E-state index in [2.05, 4.69) is 11.9 Å². The van der Waals surface area contributed by atoms with Crippen molar-refractivity contribution in [3.05, 3.63) is 48.3 Å². The molecule has 5 nitrogen and oxygen atoms in total. The van der Waals surface area contributed by atoms with Crippen molar-refractivity contribution in [2.45, 2.75) is 38.3 Å². The molecule has 1 aromatic rings. The number of hydrogen-bond acceptors (Lipinski definition) is 3. The molecule has 0 spiro atoms. The highest BCUT2D eigenvalue weighted by Gasteiger charge is 2.30. The summed E-state index contributed by atoms with van der Waals surface area (Å²) in [7, 11) is 0. The number of hydrogen-bond donors (Lipinski definition) is 2. The highest BCUT2D eigenvalue weighted by molar-refractivity contribution is 5.87. The zero-order chi connectivity index (χ0) is 18.4. The number of halogens is 1. The molecule has 0 radical (unpaired) electrons. The van der Waals surface area contributed by atoms with Crippen LogP contribution in [0, 0.1) is 11.7 Å². The summed E-state index contributed by atoms with van der Waals surface area (Å²) in [5.41, 5.74) is 0.182. The molecular weight excluding hydrogens is 323 g/mol. The van der Waals surface area contributed by atoms with Gasteiger partial charge >= 0.3 is 0 Å². The molecule has 6 heteroatoms. The SMILES string of the molecule is C=CC(=O)N1CCC(C(=O)NC(CC)C(O)c2ccccc2F)CC1. The fourth-order valence-electron chi connectivity index (χ4n) is 3.13. The normalized spacial score (nSPS) is 17.6. The molecular formula is C19H25FN2O3. The van der Waals surface area contributed by atoms with E-state index in [1.54, 1.807) is 17.0 Å². The minimum absolute atomic E-state index is 0.125. The van der Waals surface area contributed by atoms with Gasteiger partial charge in [0.15, 0.2) is 0 Å². The van der Waals surface area contributed by atoms with E-state index >= 15 is 0 Å². The average molecular weight is 348 g/mol. The van der Waals surface area contributed by atoms with Crippen LogP contribution in [0.5, 0.6) is 0 Å². The van der Waals surface area contributed by atoms with Crippen molar-refractivity contribution in [2.75, 3.05) is 13.1 Å². The minimum atomic E-state index is -1.10. The summed E-state index contributed by atoms with van der Waals surface area (Å²) in [4.78, 5) is 25.7. The van der Waals surface area contributed by atoms with Crippen LogP contribution in [0.3, 0.4) is 0 Å². The van der Waals surface area contributed by atoms with Crippen molar-refractivity contribution in [3.63, 3.8) is 0 Å². The third-order valence-electron chi connectivity index (χ3n) is 4.72. The van der Waals surface area contributed by atoms with Crippen LogP contribution in [0.25, 0.3) is 0 Å². The van der Waals surface area contributed by atoms with Gasteiger partial charge in [0.1, 0.15) is 11.9 Å². The maximum Gasteiger partial charge on any atom is 0.245 e. The Kier molecular flexibility index (Phi) is 6.70. The van der Waals surface area contributed by atoms with Gasteiger partial charge in [-0.05, 0) is 31.4 Å². The van der Waals surface area contributed by atoms with Gasteiger partial charge in [-0.3, -0.25) is 9.59 Å². The van der Waals surface area contributed by atoms with Gasteiger partial charge in [-0.1, -0.05) is 31.7 Å². The number of amides is 2. The monoisotopic (exact) mass is 348 g/mol. The second-order valence-corrected chi connectivity index (χ2v) is 6.29. The molecule has 1 aliphatic rings. The lowest BCUT2D eigenvalue weighted by Gasteiger charge is -2.32. The first-order chi connectivity index (χ1) is 12.0. The predicted octanol–water partition coefficient (Wildman–Crippen LogP) is 2.18. The zero-order valence-corrected chi connectivity index (χ0v) is 14.5. The Morgan fingerprint density at radius 2 is 2.04 bits per heavy atom. The standard InChI is InChI=1S/C19H25FN2O3/c1-3-16(18(24)14-7-5-6-8-15(14)20)21-19(25)13-9-11-22(12-10-13)17(23)4-2/h4-8,13,16,18,24H,2-3,9-12H2,1H3,(H,21,25). The van der Waals surface area contributed by atoms with Crippen LogP contribution in [-0.4, -0.2) is 41.0 Å². The summed E-state index contributed by atoms with van der Waals surface area (Å²) >= 11 is 0. The van der Waals surface area contributed by atoms with Gasteiger partial charge in [0, 0.05) is 24.6 Å². The smallest absolute Gasteiger partial charge is 0.245 e. The Morgan fingerprint density at radius 3 is 2.60 bits per heavy atom. The zero-order valence-electron chi connectivity index (χ0n) is 14.5. The maximum atomic E-state index is 13.9. The molecule has 1 aromatic carbocycles. The topological polar surface area (TPSA) is 69.6 Å². The van der Waals surface area contributed by atoms with Crippen LogP contribution < -0.4 is 5.32 Å². The Morgan fingerprint density at radius 1 is 1.40 bits per heavy atom. The van der Waals surface area contributed by atoms with Crippen molar-refractivity contribution >= 4 is 11.8 Å². The van der Waals surface area contributed by atoms with Crippen LogP contribution >= 0.6 is 0 Å². The number of aliphatic hydroxyl groups is 1. The average Bonchev–Trinajstić information content (AvgIpc) is 2.65. The highest BCUT2D eigenvalue weighted by atomic mass is 19.1. The first-order valence-corrected chi connectivity index (χ1v) is 8.62. The van der Waals surface area contributed by atoms with E-state index in [1.807, 2.05) is 6.92 Å². The summed E-state index contributed by atoms with van der Waals surface area (Å²) in [6.07, 6.45) is 1.79. The number of nitrogens with one attached hydrogen (secondary N) is 1. The number of likely N-dealkylation sites (tertiary alicyclic amines) is 1. The van der Waals surface area contributed by atoms with E-state index in [1.165, 1.54) is 18.2 Å². The Balaban J connectivity index is 1.95. The molecule has 0 saturated carbocycles. The summed E-state index contributed by atoms with van der Waals surface area (Å²) in [5, 5.41) is 13.3. The molecule has 2 unspecified atom stereocenters. The number of aliphatic hydroxyl groups excluding tert-OH is 1. The van der Waals surface area contributed by atoms with Gasteiger partial charge in [0.05, 0.1) is 6.04 Å². The third-order valence-corrected chi connectivity index (χ3v) is 4.72. The molecule has 1 fully saturated rings. The first-order valence-electron chi connectivity index (χ1n) is 8.62. The lowest BCUT2D eigenvalue weighted by atomic mass is 9.94. The second kappa shape index (κ2) is 8.76. The summed E-state index contributed by atoms with van der Waals surface area (Å²) < 4.78 is 13.9. The van der Waals surface area contributed by atoms with Crippen LogP contribution in [0.1, 0.15) is 37.9 Å². The molecule has 2 atom stereocenters. The van der Waals surface area contributed by atoms with E-state index in [-0.39, 0.29) is 23.3 Å². The molecule has 2 N–H and O–H groups in total. The number of carbonyl (C=O) groups is 2. The number of piperidine rings is 1. The van der Waals surface area contributed by atoms with Gasteiger partial charge in [0.25, 0.3) is 0 Å². The van der Waals surface area contributed by atoms with Crippen molar-refractivity contribution in [1.29, 1.82) is 0 Å². The molecule has 1 heterocycles. The van der Waals surface area contributed by atoms with Gasteiger partial charge in [-0.2, -0.15) is 0 Å². The molecule has 1 saturated heterocycles. The molecule has 0 bridgehead atoms. The minimum Gasteiger partial charge on any atom is -0.386 e. The molecule has 0 aromatic heterocycles. The van der Waals surface area contributed by atoms with Crippen molar-refractivity contribution in [3.8, 4) is 0 Å². The van der Waals surface area contributed by atoms with Crippen LogP contribution in [0.15, 0.2) is 36.9 Å². The highest BCUT2D eigenvalue weighted by Crippen LogP contribution is 2.23. The number of benzene rings is 1. The molecule has 25 heavy (non-hydrogen) atoms. The van der Waals surface area contributed by atoms with E-state index in [0.717, 1.165) is 0 Å². The van der Waals surface area contributed by atoms with E-state index < -0.39 is 18.0 Å². The van der Waals surface area contributed by atoms with Crippen molar-refractivity contribution in [2.24, 2.45) is 5.92 Å². The third kappa shape index (κ3) is 4.66. The van der Waals surface area contributed by atoms with E-state index in [0.29, 0.717) is 32.4 Å². The fourth-order valence-corrected chi connectivity index (χ4v) is 3.13. The molecule has 1 aliphatic heterocycles. The Hall–Kier alpha value is -2.21. The van der Waals surface area contributed by atoms with Gasteiger partial charge in [0.2, 0.25) is 11.8 Å². The van der Waals surface area contributed by atoms with Crippen LogP contribution in [-0.2, 0) is 9.59 Å². The Labute approximate surface area is 147 Å². The Bertz CT molecular complexity index is 627. The molecule has 136 valence electrons. The van der Waals surface area contributed by atoms with Crippen molar-refractivity contribution < 1.29 is 19.1 Å². The molecule has 2 amide bonds. The maximum absolute atomic E-state index is 13.9. The summed E-state index contributed by atoms with van der Waals surface area (Å²) in [6, 6.07) is 5.47. The number of carbonyl (C=O) groups excluding carboxylic acids is 2. The fraction of sp³-hybridized carbons (Fsp3) is 0.474. The van der Waals surface area contributed by atoms with Gasteiger partial charge < -0.3 is 15.3 Å². The summed E-state index contributed by atoms with van der Waals surface area (Å²) in [5.74, 6) is -0.983. The van der Waals surface area contributed by atoms with Crippen LogP contribution in [0.4, 0.5) is 4.39 Å². The van der Waals surface area contributed by atoms with E-state index in [4.69, 9.17) is 0 Å². The first kappa shape index (κ1) is 19.1. The van der Waals surface area contributed by atoms with Crippen LogP contribution in [0.2, 0.25) is 0 Å². The van der Waals surface area contributed by atoms with E-state index in [9.17, 15) is 19.1 Å². The van der Waals surface area contributed by atoms with Crippen molar-refractivity contribution in [1.82, 2.24) is 10.2 Å². The number of rotatable bonds is 6. The second-order valence-electron chi connectivity index (χ2n) is 6.29. The predicted molar refractivity (Wildman–Crippen MR) is 93.1 cm³/mol. The quantitative estimate of drug-likeness (QED) is 0.774.